The molecule has 0 bridgehead atoms. The lowest BCUT2D eigenvalue weighted by Crippen LogP contribution is -2.15. The Morgan fingerprint density at radius 3 is 1.82 bits per heavy atom. The minimum absolute atomic E-state index is 0.228. The maximum atomic E-state index is 11.7. The lowest BCUT2D eigenvalue weighted by Gasteiger charge is -2.11. The summed E-state index contributed by atoms with van der Waals surface area (Å²) in [6.07, 6.45) is 3.58. The number of hydrogen-bond donors (Lipinski definition) is 0. The summed E-state index contributed by atoms with van der Waals surface area (Å²) >= 11 is 2.33. The first-order valence-electron chi connectivity index (χ1n) is 6.05. The minimum Gasteiger partial charge on any atom is -0.465 e. The highest BCUT2D eigenvalue weighted by Crippen LogP contribution is 2.49. The first-order valence-corrected chi connectivity index (χ1v) is 7.68. The van der Waals surface area contributed by atoms with Crippen molar-refractivity contribution in [3.8, 4) is 0 Å². The van der Waals surface area contributed by atoms with Crippen LogP contribution in [0.4, 0.5) is 0 Å². The van der Waals surface area contributed by atoms with E-state index < -0.39 is 11.9 Å². The Balaban J connectivity index is 2.21. The van der Waals surface area contributed by atoms with Crippen LogP contribution in [0.25, 0.3) is 0 Å². The zero-order valence-electron chi connectivity index (χ0n) is 12.4. The Morgan fingerprint density at radius 1 is 0.955 bits per heavy atom. The number of esters is 2. The molecule has 0 aromatic carbocycles. The van der Waals surface area contributed by atoms with E-state index in [2.05, 4.69) is 10.4 Å². The molecule has 2 aliphatic heterocycles. The SMILES string of the molecule is COC(=O)C1=C(C(=O)OC)SC(=CC=C2N(C)N=NN2C)S1. The second-order valence-corrected chi connectivity index (χ2v) is 6.45. The normalized spacial score (nSPS) is 17.3. The number of allylic oxidation sites excluding steroid dienone is 2. The Bertz CT molecular complexity index is 583. The van der Waals surface area contributed by atoms with E-state index in [1.807, 2.05) is 0 Å². The van der Waals surface area contributed by atoms with Gasteiger partial charge in [0.1, 0.15) is 15.6 Å². The molecule has 2 rings (SSSR count). The average Bonchev–Trinajstić information content (AvgIpc) is 3.08. The Kier molecular flexibility index (Phi) is 5.14. The standard InChI is InChI=1S/C12H14N4O4S2/c1-15-7(16(2)14-13-15)5-6-8-21-9(11(17)19-3)10(22-8)12(18)20-4/h5-6H,1-4H3. The molecule has 22 heavy (non-hydrogen) atoms. The molecular formula is C12H14N4O4S2. The smallest absolute Gasteiger partial charge is 0.346 e. The molecule has 0 unspecified atom stereocenters. The van der Waals surface area contributed by atoms with E-state index in [9.17, 15) is 9.59 Å². The van der Waals surface area contributed by atoms with Gasteiger partial charge in [0.15, 0.2) is 0 Å². The number of rotatable bonds is 3. The van der Waals surface area contributed by atoms with Crippen molar-refractivity contribution in [2.45, 2.75) is 0 Å². The van der Waals surface area contributed by atoms with E-state index in [4.69, 9.17) is 9.47 Å². The lowest BCUT2D eigenvalue weighted by atomic mass is 10.5. The maximum Gasteiger partial charge on any atom is 0.346 e. The van der Waals surface area contributed by atoms with Gasteiger partial charge in [-0.1, -0.05) is 23.5 Å². The molecule has 0 fully saturated rings. The van der Waals surface area contributed by atoms with Crippen LogP contribution in [0.5, 0.6) is 0 Å². The van der Waals surface area contributed by atoms with Crippen LogP contribution in [0.2, 0.25) is 0 Å². The van der Waals surface area contributed by atoms with E-state index in [0.29, 0.717) is 0 Å². The first-order chi connectivity index (χ1) is 10.5. The highest BCUT2D eigenvalue weighted by Gasteiger charge is 2.32. The van der Waals surface area contributed by atoms with Crippen LogP contribution in [0.1, 0.15) is 0 Å². The molecule has 8 nitrogen and oxygen atoms in total. The van der Waals surface area contributed by atoms with Gasteiger partial charge >= 0.3 is 11.9 Å². The number of nitrogens with zero attached hydrogens (tertiary/aromatic N) is 4. The molecule has 0 aromatic rings. The van der Waals surface area contributed by atoms with Gasteiger partial charge in [-0.15, -0.1) is 0 Å². The fourth-order valence-corrected chi connectivity index (χ4v) is 3.89. The summed E-state index contributed by atoms with van der Waals surface area (Å²) in [5, 5.41) is 11.0. The zero-order valence-corrected chi connectivity index (χ0v) is 14.0. The minimum atomic E-state index is -0.561. The predicted octanol–water partition coefficient (Wildman–Crippen LogP) is 1.87. The van der Waals surface area contributed by atoms with E-state index in [1.165, 1.54) is 37.7 Å². The highest BCUT2D eigenvalue weighted by atomic mass is 32.2. The van der Waals surface area contributed by atoms with E-state index in [-0.39, 0.29) is 9.81 Å². The van der Waals surface area contributed by atoms with Crippen molar-refractivity contribution in [1.82, 2.24) is 10.0 Å². The number of hydrogen-bond acceptors (Lipinski definition) is 10. The number of ether oxygens (including phenoxy) is 2. The molecule has 0 atom stereocenters. The van der Waals surface area contributed by atoms with Crippen LogP contribution in [0.15, 0.2) is 42.5 Å². The van der Waals surface area contributed by atoms with Crippen LogP contribution in [-0.4, -0.2) is 50.3 Å². The molecule has 10 heteroatoms. The molecule has 0 aromatic heterocycles. The third kappa shape index (κ3) is 3.28. The van der Waals surface area contributed by atoms with Crippen molar-refractivity contribution >= 4 is 35.5 Å². The zero-order chi connectivity index (χ0) is 16.3. The molecule has 0 N–H and O–H groups in total. The monoisotopic (exact) mass is 342 g/mol. The Morgan fingerprint density at radius 2 is 1.41 bits per heavy atom. The molecule has 0 spiro atoms. The Hall–Kier alpha value is -1.94. The van der Waals surface area contributed by atoms with Crippen LogP contribution >= 0.6 is 23.5 Å². The number of methoxy groups -OCH3 is 2. The fourth-order valence-electron chi connectivity index (χ4n) is 1.62. The van der Waals surface area contributed by atoms with Gasteiger partial charge in [-0.25, -0.2) is 19.6 Å². The molecule has 118 valence electrons. The van der Waals surface area contributed by atoms with Crippen molar-refractivity contribution in [1.29, 1.82) is 0 Å². The summed E-state index contributed by atoms with van der Waals surface area (Å²) in [5.41, 5.74) is 0. The molecule has 2 aliphatic rings. The number of carbonyl (C=O) groups is 2. The van der Waals surface area contributed by atoms with Crippen LogP contribution in [0, 0.1) is 0 Å². The molecule has 0 aliphatic carbocycles. The third-order valence-corrected chi connectivity index (χ3v) is 5.15. The summed E-state index contributed by atoms with van der Waals surface area (Å²) < 4.78 is 10.1. The maximum absolute atomic E-state index is 11.7. The summed E-state index contributed by atoms with van der Waals surface area (Å²) in [6, 6.07) is 0. The van der Waals surface area contributed by atoms with Gasteiger partial charge in [-0.05, 0) is 22.6 Å². The van der Waals surface area contributed by atoms with Crippen LogP contribution in [-0.2, 0) is 19.1 Å². The number of carbonyl (C=O) groups excluding carboxylic acids is 2. The molecule has 0 saturated carbocycles. The molecule has 2 heterocycles. The van der Waals surface area contributed by atoms with Gasteiger partial charge < -0.3 is 9.47 Å². The summed E-state index contributed by atoms with van der Waals surface area (Å²) in [5.74, 6) is -0.358. The lowest BCUT2D eigenvalue weighted by molar-refractivity contribution is -0.138. The van der Waals surface area contributed by atoms with Crippen LogP contribution < -0.4 is 0 Å². The topological polar surface area (TPSA) is 83.8 Å². The van der Waals surface area contributed by atoms with Gasteiger partial charge in [0.2, 0.25) is 0 Å². The van der Waals surface area contributed by atoms with Crippen molar-refractivity contribution in [2.24, 2.45) is 10.4 Å². The third-order valence-electron chi connectivity index (χ3n) is 2.69. The van der Waals surface area contributed by atoms with Gasteiger partial charge in [-0.2, -0.15) is 0 Å². The number of thioether (sulfide) groups is 2. The fraction of sp³-hybridized carbons (Fsp3) is 0.333. The van der Waals surface area contributed by atoms with Crippen molar-refractivity contribution < 1.29 is 19.1 Å². The molecular weight excluding hydrogens is 328 g/mol. The van der Waals surface area contributed by atoms with E-state index in [1.54, 1.807) is 36.3 Å². The second-order valence-electron chi connectivity index (χ2n) is 4.08. The summed E-state index contributed by atoms with van der Waals surface area (Å²) in [6.45, 7) is 0. The second kappa shape index (κ2) is 6.88. The quantitative estimate of drug-likeness (QED) is 0.719. The van der Waals surface area contributed by atoms with Crippen molar-refractivity contribution in [3.05, 3.63) is 32.0 Å². The van der Waals surface area contributed by atoms with Gasteiger partial charge in [0, 0.05) is 14.1 Å². The molecule has 0 amide bonds. The van der Waals surface area contributed by atoms with E-state index >= 15 is 0 Å². The van der Waals surface area contributed by atoms with Crippen LogP contribution in [0.3, 0.4) is 0 Å². The summed E-state index contributed by atoms with van der Waals surface area (Å²) in [4.78, 5) is 23.9. The van der Waals surface area contributed by atoms with E-state index in [0.717, 1.165) is 10.1 Å². The highest BCUT2D eigenvalue weighted by molar-refractivity contribution is 8.29. The largest absolute Gasteiger partial charge is 0.465 e. The first kappa shape index (κ1) is 16.4. The molecule has 0 radical (unpaired) electrons. The Labute approximate surface area is 135 Å². The van der Waals surface area contributed by atoms with Gasteiger partial charge in [0.05, 0.1) is 18.5 Å². The molecule has 0 saturated heterocycles. The average molecular weight is 342 g/mol. The van der Waals surface area contributed by atoms with Gasteiger partial charge in [-0.3, -0.25) is 0 Å². The van der Waals surface area contributed by atoms with Gasteiger partial charge in [0.25, 0.3) is 0 Å². The predicted molar refractivity (Wildman–Crippen MR) is 82.8 cm³/mol. The van der Waals surface area contributed by atoms with Crippen molar-refractivity contribution in [2.75, 3.05) is 28.3 Å². The summed E-state index contributed by atoms with van der Waals surface area (Å²) in [7, 11) is 6.07. The van der Waals surface area contributed by atoms with Crippen molar-refractivity contribution in [3.63, 3.8) is 0 Å².